The lowest BCUT2D eigenvalue weighted by atomic mass is 10.0. The highest BCUT2D eigenvalue weighted by molar-refractivity contribution is 6.01. The third-order valence-corrected chi connectivity index (χ3v) is 6.21. The largest absolute Gasteiger partial charge is 0.384 e. The molecule has 1 amide bonds. The normalized spacial score (nSPS) is 16.2. The molecule has 35 heavy (non-hydrogen) atoms. The maximum absolute atomic E-state index is 13.5. The van der Waals surface area contributed by atoms with Gasteiger partial charge in [0.05, 0.1) is 24.8 Å². The number of benzene rings is 2. The van der Waals surface area contributed by atoms with E-state index in [0.717, 1.165) is 34.1 Å². The van der Waals surface area contributed by atoms with Crippen molar-refractivity contribution >= 4 is 17.5 Å². The van der Waals surface area contributed by atoms with Crippen LogP contribution in [0, 0.1) is 5.82 Å². The van der Waals surface area contributed by atoms with E-state index in [1.54, 1.807) is 35.2 Å². The Balaban J connectivity index is 1.84. The average Bonchev–Trinajstić information content (AvgIpc) is 2.84. The zero-order chi connectivity index (χ0) is 25.1. The Morgan fingerprint density at radius 3 is 2.34 bits per heavy atom. The van der Waals surface area contributed by atoms with Crippen molar-refractivity contribution in [3.8, 4) is 5.69 Å². The van der Waals surface area contributed by atoms with Crippen molar-refractivity contribution in [2.75, 3.05) is 18.8 Å². The number of amides is 1. The van der Waals surface area contributed by atoms with Crippen LogP contribution < -0.4 is 22.7 Å². The molecule has 0 bridgehead atoms. The summed E-state index contributed by atoms with van der Waals surface area (Å²) in [7, 11) is 0. The fourth-order valence-electron chi connectivity index (χ4n) is 4.44. The van der Waals surface area contributed by atoms with Crippen molar-refractivity contribution in [1.29, 1.82) is 0 Å². The molecule has 3 aromatic rings. The van der Waals surface area contributed by atoms with Crippen LogP contribution in [-0.2, 0) is 11.3 Å². The standard InChI is InChI=1S/C25H26FN5O4/c26-17-9-11-18(12-10-17)31-22(27)21(20(32)15-29-13-5-4-8-19(29)23(28)33)24(34)30(25(31)35)14-16-6-2-1-3-7-16/h1-3,6-7,9-12,19H,4-5,8,13-15,27H2,(H2,28,33). The SMILES string of the molecule is NC(=O)C1CCCCN1CC(=O)c1c(N)n(-c2ccc(F)cc2)c(=O)n(Cc2ccccc2)c1=O. The predicted molar refractivity (Wildman–Crippen MR) is 129 cm³/mol. The van der Waals surface area contributed by atoms with Gasteiger partial charge in [0.1, 0.15) is 17.2 Å². The first-order chi connectivity index (χ1) is 16.8. The van der Waals surface area contributed by atoms with E-state index in [-0.39, 0.29) is 30.2 Å². The highest BCUT2D eigenvalue weighted by atomic mass is 19.1. The summed E-state index contributed by atoms with van der Waals surface area (Å²) < 4.78 is 15.5. The summed E-state index contributed by atoms with van der Waals surface area (Å²) in [6.07, 6.45) is 2.10. The summed E-state index contributed by atoms with van der Waals surface area (Å²) >= 11 is 0. The molecule has 0 radical (unpaired) electrons. The number of nitrogen functional groups attached to an aromatic ring is 1. The molecule has 1 aliphatic heterocycles. The number of aromatic nitrogens is 2. The first-order valence-electron chi connectivity index (χ1n) is 11.3. The molecule has 1 atom stereocenters. The van der Waals surface area contributed by atoms with Crippen molar-refractivity contribution < 1.29 is 14.0 Å². The molecule has 1 fully saturated rings. The number of piperidine rings is 1. The molecule has 0 spiro atoms. The van der Waals surface area contributed by atoms with Gasteiger partial charge in [-0.25, -0.2) is 13.8 Å². The number of primary amides is 1. The third-order valence-electron chi connectivity index (χ3n) is 6.21. The minimum absolute atomic E-state index is 0.0894. The number of hydrogen-bond acceptors (Lipinski definition) is 6. The maximum Gasteiger partial charge on any atom is 0.337 e. The summed E-state index contributed by atoms with van der Waals surface area (Å²) in [6.45, 7) is 0.128. The van der Waals surface area contributed by atoms with Crippen LogP contribution in [-0.4, -0.2) is 44.9 Å². The number of nitrogens with two attached hydrogens (primary N) is 2. The Bertz CT molecular complexity index is 1370. The van der Waals surface area contributed by atoms with Gasteiger partial charge < -0.3 is 11.5 Å². The first-order valence-corrected chi connectivity index (χ1v) is 11.3. The van der Waals surface area contributed by atoms with Crippen LogP contribution in [0.3, 0.4) is 0 Å². The smallest absolute Gasteiger partial charge is 0.337 e. The molecule has 4 rings (SSSR count). The molecule has 2 heterocycles. The van der Waals surface area contributed by atoms with Crippen LogP contribution in [0.1, 0.15) is 35.2 Å². The van der Waals surface area contributed by atoms with Gasteiger partial charge >= 0.3 is 5.69 Å². The van der Waals surface area contributed by atoms with Crippen molar-refractivity contribution in [1.82, 2.24) is 14.0 Å². The summed E-state index contributed by atoms with van der Waals surface area (Å²) in [5.41, 5.74) is 10.7. The molecule has 1 aromatic heterocycles. The third kappa shape index (κ3) is 4.92. The number of nitrogens with zero attached hydrogens (tertiary/aromatic N) is 3. The zero-order valence-electron chi connectivity index (χ0n) is 19.0. The van der Waals surface area contributed by atoms with E-state index < -0.39 is 34.8 Å². The second kappa shape index (κ2) is 10.1. The van der Waals surface area contributed by atoms with Crippen LogP contribution in [0.4, 0.5) is 10.2 Å². The summed E-state index contributed by atoms with van der Waals surface area (Å²) in [4.78, 5) is 53.7. The molecule has 182 valence electrons. The zero-order valence-corrected chi connectivity index (χ0v) is 19.0. The fraction of sp³-hybridized carbons (Fsp3) is 0.280. The van der Waals surface area contributed by atoms with Gasteiger partial charge in [0, 0.05) is 0 Å². The first kappa shape index (κ1) is 24.1. The summed E-state index contributed by atoms with van der Waals surface area (Å²) in [6, 6.07) is 13.2. The van der Waals surface area contributed by atoms with E-state index in [1.165, 1.54) is 12.1 Å². The second-order valence-corrected chi connectivity index (χ2v) is 8.54. The molecule has 1 saturated heterocycles. The molecular weight excluding hydrogens is 453 g/mol. The molecule has 4 N–H and O–H groups in total. The number of rotatable bonds is 7. The van der Waals surface area contributed by atoms with Crippen LogP contribution in [0.15, 0.2) is 64.2 Å². The van der Waals surface area contributed by atoms with Gasteiger partial charge in [-0.2, -0.15) is 0 Å². The minimum atomic E-state index is -0.827. The summed E-state index contributed by atoms with van der Waals surface area (Å²) in [5, 5.41) is 0. The number of anilines is 1. The second-order valence-electron chi connectivity index (χ2n) is 8.54. The van der Waals surface area contributed by atoms with Crippen molar-refractivity contribution in [3.63, 3.8) is 0 Å². The predicted octanol–water partition coefficient (Wildman–Crippen LogP) is 1.29. The van der Waals surface area contributed by atoms with E-state index in [9.17, 15) is 23.6 Å². The van der Waals surface area contributed by atoms with Crippen LogP contribution in [0.5, 0.6) is 0 Å². The van der Waals surface area contributed by atoms with Crippen molar-refractivity contribution in [2.45, 2.75) is 31.8 Å². The lowest BCUT2D eigenvalue weighted by Gasteiger charge is -2.33. The Morgan fingerprint density at radius 2 is 1.69 bits per heavy atom. The number of halogens is 1. The molecule has 10 heteroatoms. The number of hydrogen-bond donors (Lipinski definition) is 2. The van der Waals surface area contributed by atoms with E-state index in [0.29, 0.717) is 18.5 Å². The molecule has 2 aromatic carbocycles. The Hall–Kier alpha value is -4.05. The van der Waals surface area contributed by atoms with Gasteiger partial charge in [0.2, 0.25) is 5.91 Å². The molecule has 1 aliphatic rings. The van der Waals surface area contributed by atoms with Crippen LogP contribution in [0.25, 0.3) is 5.69 Å². The van der Waals surface area contributed by atoms with Crippen LogP contribution in [0.2, 0.25) is 0 Å². The number of likely N-dealkylation sites (tertiary alicyclic amines) is 1. The van der Waals surface area contributed by atoms with Gasteiger partial charge in [0.15, 0.2) is 5.78 Å². The highest BCUT2D eigenvalue weighted by Gasteiger charge is 2.31. The number of carbonyl (C=O) groups is 2. The molecule has 0 aliphatic carbocycles. The van der Waals surface area contributed by atoms with Gasteiger partial charge in [-0.15, -0.1) is 0 Å². The Kier molecular flexibility index (Phi) is 6.92. The van der Waals surface area contributed by atoms with E-state index in [4.69, 9.17) is 11.5 Å². The van der Waals surface area contributed by atoms with E-state index >= 15 is 0 Å². The number of ketones is 1. The lowest BCUT2D eigenvalue weighted by Crippen LogP contribution is -2.51. The number of carbonyl (C=O) groups excluding carboxylic acids is 2. The van der Waals surface area contributed by atoms with Gasteiger partial charge in [0.25, 0.3) is 5.56 Å². The minimum Gasteiger partial charge on any atom is -0.384 e. The Labute approximate surface area is 200 Å². The lowest BCUT2D eigenvalue weighted by molar-refractivity contribution is -0.124. The molecular formula is C25H26FN5O4. The van der Waals surface area contributed by atoms with Crippen molar-refractivity contribution in [3.05, 3.63) is 92.4 Å². The summed E-state index contributed by atoms with van der Waals surface area (Å²) in [5.74, 6) is -2.02. The van der Waals surface area contributed by atoms with E-state index in [2.05, 4.69) is 0 Å². The average molecular weight is 480 g/mol. The molecule has 0 saturated carbocycles. The molecule has 1 unspecified atom stereocenters. The van der Waals surface area contributed by atoms with Gasteiger partial charge in [-0.3, -0.25) is 23.9 Å². The van der Waals surface area contributed by atoms with Crippen molar-refractivity contribution in [2.24, 2.45) is 5.73 Å². The topological polar surface area (TPSA) is 133 Å². The highest BCUT2D eigenvalue weighted by Crippen LogP contribution is 2.19. The van der Waals surface area contributed by atoms with Crippen LogP contribution >= 0.6 is 0 Å². The monoisotopic (exact) mass is 479 g/mol. The Morgan fingerprint density at radius 1 is 1.00 bits per heavy atom. The number of Topliss-reactive ketones (excluding diaryl/α,β-unsaturated/α-hetero) is 1. The fourth-order valence-corrected chi connectivity index (χ4v) is 4.44. The van der Waals surface area contributed by atoms with Gasteiger partial charge in [-0.05, 0) is 49.2 Å². The molecule has 9 nitrogen and oxygen atoms in total. The maximum atomic E-state index is 13.5. The van der Waals surface area contributed by atoms with Gasteiger partial charge in [-0.1, -0.05) is 36.8 Å². The van der Waals surface area contributed by atoms with E-state index in [1.807, 2.05) is 0 Å². The quantitative estimate of drug-likeness (QED) is 0.491.